The van der Waals surface area contributed by atoms with Gasteiger partial charge in [-0.2, -0.15) is 0 Å². The van der Waals surface area contributed by atoms with Crippen molar-refractivity contribution in [3.05, 3.63) is 41.4 Å². The molecule has 0 saturated carbocycles. The summed E-state index contributed by atoms with van der Waals surface area (Å²) in [5.41, 5.74) is 4.45. The van der Waals surface area contributed by atoms with Crippen molar-refractivity contribution in [3.8, 4) is 0 Å². The van der Waals surface area contributed by atoms with Crippen LogP contribution < -0.4 is 0 Å². The first-order valence-electron chi connectivity index (χ1n) is 10.3. The number of aromatic nitrogens is 5. The van der Waals surface area contributed by atoms with Crippen LogP contribution in [0.5, 0.6) is 0 Å². The number of piperidine rings is 1. The van der Waals surface area contributed by atoms with Crippen molar-refractivity contribution in [3.63, 3.8) is 0 Å². The van der Waals surface area contributed by atoms with Gasteiger partial charge in [-0.1, -0.05) is 0 Å². The molecule has 0 aliphatic carbocycles. The molecule has 29 heavy (non-hydrogen) atoms. The van der Waals surface area contributed by atoms with Crippen molar-refractivity contribution in [1.29, 1.82) is 0 Å². The van der Waals surface area contributed by atoms with Crippen LogP contribution in [0.3, 0.4) is 0 Å². The van der Waals surface area contributed by atoms with Gasteiger partial charge in [-0.05, 0) is 46.0 Å². The summed E-state index contributed by atoms with van der Waals surface area (Å²) in [4.78, 5) is 31.4. The predicted molar refractivity (Wildman–Crippen MR) is 110 cm³/mol. The van der Waals surface area contributed by atoms with E-state index in [4.69, 9.17) is 4.98 Å². The fraction of sp³-hybridized carbons (Fsp3) is 0.524. The maximum absolute atomic E-state index is 13.4. The normalized spacial score (nSPS) is 18.4. The van der Waals surface area contributed by atoms with Crippen molar-refractivity contribution in [2.75, 3.05) is 26.7 Å². The Labute approximate surface area is 170 Å². The Bertz CT molecular complexity index is 1070. The van der Waals surface area contributed by atoms with Gasteiger partial charge in [0, 0.05) is 32.3 Å². The van der Waals surface area contributed by atoms with Crippen LogP contribution >= 0.6 is 0 Å². The van der Waals surface area contributed by atoms with Crippen molar-refractivity contribution in [2.45, 2.75) is 38.8 Å². The molecule has 0 bridgehead atoms. The molecule has 0 spiro atoms. The number of pyridine rings is 1. The zero-order valence-electron chi connectivity index (χ0n) is 17.3. The average Bonchev–Trinajstić information content (AvgIpc) is 3.28. The minimum absolute atomic E-state index is 0.0236. The molecule has 152 valence electrons. The van der Waals surface area contributed by atoms with Gasteiger partial charge in [-0.3, -0.25) is 4.79 Å². The van der Waals surface area contributed by atoms with E-state index in [1.807, 2.05) is 16.5 Å². The highest BCUT2D eigenvalue weighted by Crippen LogP contribution is 2.32. The number of aryl methyl sites for hydroxylation is 2. The molecule has 1 fully saturated rings. The molecule has 3 aromatic heterocycles. The number of nitrogens with zero attached hydrogens (tertiary/aromatic N) is 7. The second kappa shape index (κ2) is 6.95. The van der Waals surface area contributed by atoms with Crippen molar-refractivity contribution in [1.82, 2.24) is 33.9 Å². The summed E-state index contributed by atoms with van der Waals surface area (Å²) in [7, 11) is 4.07. The number of amides is 1. The van der Waals surface area contributed by atoms with Crippen LogP contribution in [0.25, 0.3) is 11.2 Å². The molecule has 0 aromatic carbocycles. The molecule has 3 aromatic rings. The number of hydrogen-bond acceptors (Lipinski definition) is 5. The molecule has 5 heterocycles. The van der Waals surface area contributed by atoms with Crippen LogP contribution in [0.15, 0.2) is 18.6 Å². The molecule has 2 aliphatic heterocycles. The number of hydrogen-bond donors (Lipinski definition) is 0. The molecule has 0 N–H and O–H groups in total. The third-order valence-electron chi connectivity index (χ3n) is 6.45. The molecule has 0 atom stereocenters. The quantitative estimate of drug-likeness (QED) is 0.665. The van der Waals surface area contributed by atoms with Crippen LogP contribution in [0.4, 0.5) is 0 Å². The number of carbonyl (C=O) groups is 1. The summed E-state index contributed by atoms with van der Waals surface area (Å²) in [5.74, 6) is 1.58. The summed E-state index contributed by atoms with van der Waals surface area (Å²) in [6.45, 7) is 6.38. The summed E-state index contributed by atoms with van der Waals surface area (Å²) in [6.07, 6.45) is 5.67. The lowest BCUT2D eigenvalue weighted by molar-refractivity contribution is 0.0710. The molecule has 1 amide bonds. The number of imidazole rings is 2. The van der Waals surface area contributed by atoms with E-state index in [1.54, 1.807) is 18.6 Å². The third kappa shape index (κ3) is 3.02. The first-order valence-corrected chi connectivity index (χ1v) is 10.3. The van der Waals surface area contributed by atoms with Gasteiger partial charge in [0.05, 0.1) is 29.8 Å². The lowest BCUT2D eigenvalue weighted by atomic mass is 9.92. The van der Waals surface area contributed by atoms with E-state index in [2.05, 4.69) is 33.4 Å². The SMILES string of the molecule is Cc1nc(C2CCN(C)CC2)c2n1CCN(C(=O)c1ccnc3c1ncn3C)C2. The Morgan fingerprint density at radius 2 is 1.90 bits per heavy atom. The van der Waals surface area contributed by atoms with E-state index < -0.39 is 0 Å². The summed E-state index contributed by atoms with van der Waals surface area (Å²) in [6, 6.07) is 1.78. The van der Waals surface area contributed by atoms with Crippen LogP contribution in [-0.2, 0) is 20.1 Å². The summed E-state index contributed by atoms with van der Waals surface area (Å²) < 4.78 is 4.15. The number of fused-ring (bicyclic) bond motifs is 2. The van der Waals surface area contributed by atoms with E-state index in [0.717, 1.165) is 43.9 Å². The minimum atomic E-state index is 0.0236. The Kier molecular flexibility index (Phi) is 4.38. The first kappa shape index (κ1) is 18.3. The zero-order chi connectivity index (χ0) is 20.1. The van der Waals surface area contributed by atoms with E-state index >= 15 is 0 Å². The minimum Gasteiger partial charge on any atom is -0.331 e. The van der Waals surface area contributed by atoms with Crippen molar-refractivity contribution < 1.29 is 4.79 Å². The van der Waals surface area contributed by atoms with Gasteiger partial charge < -0.3 is 18.9 Å². The van der Waals surface area contributed by atoms with E-state index in [1.165, 1.54) is 11.4 Å². The summed E-state index contributed by atoms with van der Waals surface area (Å²) >= 11 is 0. The standard InChI is InChI=1S/C21H27N7O/c1-14-24-18(15-5-8-25(2)9-6-15)17-12-27(10-11-28(14)17)21(29)16-4-7-22-20-19(16)23-13-26(20)3/h4,7,13,15H,5-6,8-12H2,1-3H3. The highest BCUT2D eigenvalue weighted by atomic mass is 16.2. The molecule has 8 nitrogen and oxygen atoms in total. The molecular weight excluding hydrogens is 366 g/mol. The van der Waals surface area contributed by atoms with Gasteiger partial charge in [-0.15, -0.1) is 0 Å². The highest BCUT2D eigenvalue weighted by molar-refractivity contribution is 6.04. The molecular formula is C21H27N7O. The van der Waals surface area contributed by atoms with E-state index in [0.29, 0.717) is 30.1 Å². The molecule has 5 rings (SSSR count). The number of likely N-dealkylation sites (tertiary alicyclic amines) is 1. The molecule has 2 aliphatic rings. The number of rotatable bonds is 2. The zero-order valence-corrected chi connectivity index (χ0v) is 17.3. The number of carbonyl (C=O) groups excluding carboxylic acids is 1. The van der Waals surface area contributed by atoms with E-state index in [-0.39, 0.29) is 5.91 Å². The fourth-order valence-corrected chi connectivity index (χ4v) is 4.73. The Morgan fingerprint density at radius 1 is 1.10 bits per heavy atom. The van der Waals surface area contributed by atoms with Gasteiger partial charge in [-0.25, -0.2) is 15.0 Å². The van der Waals surface area contributed by atoms with Gasteiger partial charge in [0.2, 0.25) is 0 Å². The van der Waals surface area contributed by atoms with Crippen molar-refractivity contribution >= 4 is 17.1 Å². The van der Waals surface area contributed by atoms with Gasteiger partial charge in [0.25, 0.3) is 5.91 Å². The lowest BCUT2D eigenvalue weighted by Gasteiger charge is -2.32. The summed E-state index contributed by atoms with van der Waals surface area (Å²) in [5, 5.41) is 0. The molecule has 8 heteroatoms. The highest BCUT2D eigenvalue weighted by Gasteiger charge is 2.31. The predicted octanol–water partition coefficient (Wildman–Crippen LogP) is 1.94. The van der Waals surface area contributed by atoms with Gasteiger partial charge in [0.1, 0.15) is 11.3 Å². The maximum Gasteiger partial charge on any atom is 0.256 e. The second-order valence-electron chi connectivity index (χ2n) is 8.33. The van der Waals surface area contributed by atoms with Crippen LogP contribution in [-0.4, -0.2) is 66.5 Å². The first-order chi connectivity index (χ1) is 14.0. The Balaban J connectivity index is 1.45. The lowest BCUT2D eigenvalue weighted by Crippen LogP contribution is -2.39. The van der Waals surface area contributed by atoms with E-state index in [9.17, 15) is 4.79 Å². The second-order valence-corrected chi connectivity index (χ2v) is 8.33. The Morgan fingerprint density at radius 3 is 2.69 bits per heavy atom. The van der Waals surface area contributed by atoms with Gasteiger partial charge >= 0.3 is 0 Å². The monoisotopic (exact) mass is 393 g/mol. The van der Waals surface area contributed by atoms with Crippen LogP contribution in [0.2, 0.25) is 0 Å². The fourth-order valence-electron chi connectivity index (χ4n) is 4.73. The Hall–Kier alpha value is -2.74. The molecule has 0 unspecified atom stereocenters. The topological polar surface area (TPSA) is 72.1 Å². The van der Waals surface area contributed by atoms with Gasteiger partial charge in [0.15, 0.2) is 5.65 Å². The average molecular weight is 393 g/mol. The molecule has 0 radical (unpaired) electrons. The van der Waals surface area contributed by atoms with Crippen LogP contribution in [0, 0.1) is 6.92 Å². The molecule has 1 saturated heterocycles. The maximum atomic E-state index is 13.4. The van der Waals surface area contributed by atoms with Crippen LogP contribution in [0.1, 0.15) is 46.3 Å². The van der Waals surface area contributed by atoms with Crippen molar-refractivity contribution in [2.24, 2.45) is 7.05 Å². The third-order valence-corrected chi connectivity index (χ3v) is 6.45. The smallest absolute Gasteiger partial charge is 0.256 e. The largest absolute Gasteiger partial charge is 0.331 e.